The smallest absolute Gasteiger partial charge is 0.242 e. The summed E-state index contributed by atoms with van der Waals surface area (Å²) in [5.74, 6) is -0.328. The second-order valence-corrected chi connectivity index (χ2v) is 10.4. The number of hydrogen-bond donors (Lipinski definition) is 1. The van der Waals surface area contributed by atoms with E-state index in [0.29, 0.717) is 31.6 Å². The second kappa shape index (κ2) is 13.1. The monoisotopic (exact) mass is 487 g/mol. The Morgan fingerprint density at radius 3 is 2.32 bits per heavy atom. The standard InChI is InChI=1S/C26H37N3O4S/c1-5-17-27-26(31)24(6-2)28(20-22-13-8-7-9-14-22)25(30)16-11-18-29(34(4,32)33)23-15-10-12-21(3)19-23/h7-10,12-15,19,24H,5-6,11,16-18,20H2,1-4H3,(H,27,31)/t24-/m0/s1. The molecule has 0 aromatic heterocycles. The van der Waals surface area contributed by atoms with E-state index in [1.54, 1.807) is 11.0 Å². The molecular weight excluding hydrogens is 450 g/mol. The molecule has 0 heterocycles. The second-order valence-electron chi connectivity index (χ2n) is 8.50. The number of sulfonamides is 1. The van der Waals surface area contributed by atoms with Crippen LogP contribution in [0.25, 0.3) is 0 Å². The van der Waals surface area contributed by atoms with Crippen molar-refractivity contribution < 1.29 is 18.0 Å². The van der Waals surface area contributed by atoms with Gasteiger partial charge >= 0.3 is 0 Å². The van der Waals surface area contributed by atoms with E-state index in [1.807, 2.05) is 69.3 Å². The number of amides is 2. The minimum absolute atomic E-state index is 0.141. The molecule has 8 heteroatoms. The molecule has 2 amide bonds. The molecular formula is C26H37N3O4S. The van der Waals surface area contributed by atoms with Crippen molar-refractivity contribution in [3.05, 3.63) is 65.7 Å². The van der Waals surface area contributed by atoms with E-state index in [0.717, 1.165) is 17.5 Å². The number of benzene rings is 2. The zero-order valence-corrected chi connectivity index (χ0v) is 21.5. The molecule has 186 valence electrons. The highest BCUT2D eigenvalue weighted by Gasteiger charge is 2.28. The molecule has 0 saturated heterocycles. The van der Waals surface area contributed by atoms with Gasteiger partial charge in [-0.1, -0.05) is 56.3 Å². The third kappa shape index (κ3) is 8.17. The van der Waals surface area contributed by atoms with Crippen molar-refractivity contribution in [2.75, 3.05) is 23.7 Å². The van der Waals surface area contributed by atoms with Crippen molar-refractivity contribution >= 4 is 27.5 Å². The maximum atomic E-state index is 13.3. The van der Waals surface area contributed by atoms with E-state index < -0.39 is 16.1 Å². The van der Waals surface area contributed by atoms with Crippen LogP contribution in [0.1, 0.15) is 50.7 Å². The number of rotatable bonds is 13. The van der Waals surface area contributed by atoms with Gasteiger partial charge in [-0.25, -0.2) is 8.42 Å². The maximum absolute atomic E-state index is 13.3. The van der Waals surface area contributed by atoms with Crippen molar-refractivity contribution in [2.45, 2.75) is 59.0 Å². The van der Waals surface area contributed by atoms with Gasteiger partial charge in [0, 0.05) is 26.1 Å². The van der Waals surface area contributed by atoms with Gasteiger partial charge in [-0.2, -0.15) is 0 Å². The van der Waals surface area contributed by atoms with Gasteiger partial charge in [0.2, 0.25) is 21.8 Å². The fourth-order valence-electron chi connectivity index (χ4n) is 3.85. The van der Waals surface area contributed by atoms with Gasteiger partial charge in [-0.3, -0.25) is 13.9 Å². The summed E-state index contributed by atoms with van der Waals surface area (Å²) in [6, 6.07) is 16.3. The molecule has 1 atom stereocenters. The summed E-state index contributed by atoms with van der Waals surface area (Å²) in [4.78, 5) is 27.8. The Labute approximate surface area is 204 Å². The lowest BCUT2D eigenvalue weighted by molar-refractivity contribution is -0.141. The van der Waals surface area contributed by atoms with Crippen molar-refractivity contribution in [1.82, 2.24) is 10.2 Å². The molecule has 34 heavy (non-hydrogen) atoms. The number of anilines is 1. The summed E-state index contributed by atoms with van der Waals surface area (Å²) < 4.78 is 26.2. The highest BCUT2D eigenvalue weighted by atomic mass is 32.2. The first-order valence-electron chi connectivity index (χ1n) is 11.8. The van der Waals surface area contributed by atoms with Crippen molar-refractivity contribution in [3.8, 4) is 0 Å². The van der Waals surface area contributed by atoms with E-state index in [-0.39, 0.29) is 24.8 Å². The summed E-state index contributed by atoms with van der Waals surface area (Å²) in [5.41, 5.74) is 2.48. The minimum atomic E-state index is -3.50. The van der Waals surface area contributed by atoms with Gasteiger partial charge in [0.15, 0.2) is 0 Å². The zero-order valence-electron chi connectivity index (χ0n) is 20.7. The zero-order chi connectivity index (χ0) is 25.1. The summed E-state index contributed by atoms with van der Waals surface area (Å²) in [5, 5.41) is 2.91. The Kier molecular flexibility index (Phi) is 10.6. The molecule has 0 bridgehead atoms. The lowest BCUT2D eigenvalue weighted by Gasteiger charge is -2.31. The van der Waals surface area contributed by atoms with Crippen molar-refractivity contribution in [3.63, 3.8) is 0 Å². The Morgan fingerprint density at radius 2 is 1.74 bits per heavy atom. The Hall–Kier alpha value is -2.87. The lowest BCUT2D eigenvalue weighted by atomic mass is 10.1. The van der Waals surface area contributed by atoms with E-state index in [1.165, 1.54) is 10.6 Å². The summed E-state index contributed by atoms with van der Waals surface area (Å²) in [6.07, 6.45) is 2.96. The van der Waals surface area contributed by atoms with Gasteiger partial charge in [0.05, 0.1) is 11.9 Å². The molecule has 0 fully saturated rings. The molecule has 0 radical (unpaired) electrons. The highest BCUT2D eigenvalue weighted by molar-refractivity contribution is 7.92. The summed E-state index contributed by atoms with van der Waals surface area (Å²) in [6.45, 7) is 6.85. The molecule has 2 aromatic rings. The quantitative estimate of drug-likeness (QED) is 0.465. The molecule has 0 aliphatic heterocycles. The van der Waals surface area contributed by atoms with Crippen LogP contribution in [-0.2, 0) is 26.2 Å². The number of hydrogen-bond acceptors (Lipinski definition) is 4. The van der Waals surface area contributed by atoms with E-state index in [4.69, 9.17) is 0 Å². The normalized spacial score (nSPS) is 12.1. The van der Waals surface area contributed by atoms with Gasteiger partial charge in [-0.05, 0) is 49.4 Å². The molecule has 1 N–H and O–H groups in total. The van der Waals surface area contributed by atoms with Crippen LogP contribution in [0.4, 0.5) is 5.69 Å². The lowest BCUT2D eigenvalue weighted by Crippen LogP contribution is -2.49. The molecule has 0 saturated carbocycles. The maximum Gasteiger partial charge on any atom is 0.242 e. The molecule has 0 unspecified atom stereocenters. The van der Waals surface area contributed by atoms with E-state index in [9.17, 15) is 18.0 Å². The summed E-state index contributed by atoms with van der Waals surface area (Å²) in [7, 11) is -3.50. The number of nitrogens with zero attached hydrogens (tertiary/aromatic N) is 2. The molecule has 0 aliphatic rings. The Balaban J connectivity index is 2.17. The van der Waals surface area contributed by atoms with Crippen LogP contribution in [-0.4, -0.2) is 50.5 Å². The number of aryl methyl sites for hydroxylation is 1. The SMILES string of the molecule is CCCNC(=O)[C@H](CC)N(Cc1ccccc1)C(=O)CCCN(c1cccc(C)c1)S(C)(=O)=O. The third-order valence-electron chi connectivity index (χ3n) is 5.57. The number of carbonyl (C=O) groups excluding carboxylic acids is 2. The van der Waals surface area contributed by atoms with Crippen LogP contribution in [0.15, 0.2) is 54.6 Å². The predicted octanol–water partition coefficient (Wildman–Crippen LogP) is 3.87. The fraction of sp³-hybridized carbons (Fsp3) is 0.462. The average molecular weight is 488 g/mol. The van der Waals surface area contributed by atoms with Crippen LogP contribution in [0, 0.1) is 6.92 Å². The first-order valence-corrected chi connectivity index (χ1v) is 13.7. The number of carbonyl (C=O) groups is 2. The third-order valence-corrected chi connectivity index (χ3v) is 6.77. The molecule has 0 aliphatic carbocycles. The van der Waals surface area contributed by atoms with Crippen LogP contribution < -0.4 is 9.62 Å². The van der Waals surface area contributed by atoms with Crippen LogP contribution >= 0.6 is 0 Å². The molecule has 2 aromatic carbocycles. The van der Waals surface area contributed by atoms with Crippen LogP contribution in [0.5, 0.6) is 0 Å². The summed E-state index contributed by atoms with van der Waals surface area (Å²) >= 11 is 0. The topological polar surface area (TPSA) is 86.8 Å². The van der Waals surface area contributed by atoms with Crippen LogP contribution in [0.2, 0.25) is 0 Å². The van der Waals surface area contributed by atoms with Gasteiger partial charge in [0.1, 0.15) is 6.04 Å². The first-order chi connectivity index (χ1) is 16.2. The Morgan fingerprint density at radius 1 is 1.03 bits per heavy atom. The van der Waals surface area contributed by atoms with Gasteiger partial charge < -0.3 is 10.2 Å². The fourth-order valence-corrected chi connectivity index (χ4v) is 4.81. The van der Waals surface area contributed by atoms with Gasteiger partial charge in [0.25, 0.3) is 0 Å². The average Bonchev–Trinajstić information content (AvgIpc) is 2.80. The molecule has 7 nitrogen and oxygen atoms in total. The number of nitrogens with one attached hydrogen (secondary N) is 1. The van der Waals surface area contributed by atoms with Crippen molar-refractivity contribution in [1.29, 1.82) is 0 Å². The van der Waals surface area contributed by atoms with Crippen molar-refractivity contribution in [2.24, 2.45) is 0 Å². The van der Waals surface area contributed by atoms with E-state index >= 15 is 0 Å². The minimum Gasteiger partial charge on any atom is -0.354 e. The van der Waals surface area contributed by atoms with Gasteiger partial charge in [-0.15, -0.1) is 0 Å². The first kappa shape index (κ1) is 27.4. The van der Waals surface area contributed by atoms with E-state index in [2.05, 4.69) is 5.32 Å². The predicted molar refractivity (Wildman–Crippen MR) is 137 cm³/mol. The Bertz CT molecular complexity index is 1040. The largest absolute Gasteiger partial charge is 0.354 e. The molecule has 2 rings (SSSR count). The molecule has 0 spiro atoms. The van der Waals surface area contributed by atoms with Crippen LogP contribution in [0.3, 0.4) is 0 Å². The highest BCUT2D eigenvalue weighted by Crippen LogP contribution is 2.20.